The maximum atomic E-state index is 12.0. The molecule has 0 radical (unpaired) electrons. The summed E-state index contributed by atoms with van der Waals surface area (Å²) >= 11 is 0. The molecule has 0 aliphatic heterocycles. The molecule has 0 bridgehead atoms. The van der Waals surface area contributed by atoms with Crippen molar-refractivity contribution in [2.75, 3.05) is 51.5 Å². The number of benzene rings is 2. The number of aliphatic carboxylic acids is 1. The van der Waals surface area contributed by atoms with Crippen LogP contribution in [0.3, 0.4) is 0 Å². The van der Waals surface area contributed by atoms with Gasteiger partial charge in [-0.05, 0) is 64.9 Å². The molecule has 1 amide bonds. The minimum Gasteiger partial charge on any atom is -0.481 e. The Hall–Kier alpha value is -4.36. The monoisotopic (exact) mass is 598 g/mol. The molecular formula is C30H42N6O7. The molecule has 0 unspecified atom stereocenters. The fourth-order valence-corrected chi connectivity index (χ4v) is 3.99. The summed E-state index contributed by atoms with van der Waals surface area (Å²) in [5.41, 5.74) is 1.34. The molecule has 2 saturated carbocycles. The largest absolute Gasteiger partial charge is 0.481 e. The van der Waals surface area contributed by atoms with E-state index >= 15 is 0 Å². The van der Waals surface area contributed by atoms with Gasteiger partial charge in [-0.2, -0.15) is 0 Å². The van der Waals surface area contributed by atoms with Crippen LogP contribution in [0.5, 0.6) is 0 Å². The van der Waals surface area contributed by atoms with Crippen LogP contribution in [-0.4, -0.2) is 90.0 Å². The molecule has 0 saturated heterocycles. The first kappa shape index (κ1) is 34.8. The third kappa shape index (κ3) is 13.4. The van der Waals surface area contributed by atoms with E-state index in [1.807, 2.05) is 13.1 Å². The second-order valence-corrected chi connectivity index (χ2v) is 10.5. The van der Waals surface area contributed by atoms with Gasteiger partial charge >= 0.3 is 5.97 Å². The number of hydrogen-bond acceptors (Lipinski definition) is 9. The van der Waals surface area contributed by atoms with E-state index in [0.29, 0.717) is 18.2 Å². The summed E-state index contributed by atoms with van der Waals surface area (Å²) in [5.74, 6) is -0.881. The Morgan fingerprint density at radius 3 is 2.02 bits per heavy atom. The van der Waals surface area contributed by atoms with Crippen molar-refractivity contribution in [2.45, 2.75) is 50.6 Å². The van der Waals surface area contributed by atoms with Gasteiger partial charge in [-0.3, -0.25) is 34.7 Å². The van der Waals surface area contributed by atoms with Crippen molar-refractivity contribution in [2.24, 2.45) is 0 Å². The van der Waals surface area contributed by atoms with Gasteiger partial charge in [0.25, 0.3) is 11.4 Å². The minimum absolute atomic E-state index is 0.0235. The van der Waals surface area contributed by atoms with Gasteiger partial charge in [0, 0.05) is 75.2 Å². The molecular weight excluding hydrogens is 556 g/mol. The maximum absolute atomic E-state index is 12.0. The smallest absolute Gasteiger partial charge is 0.303 e. The Labute approximate surface area is 252 Å². The number of nitro groups is 2. The van der Waals surface area contributed by atoms with Crippen LogP contribution >= 0.6 is 0 Å². The van der Waals surface area contributed by atoms with Crippen molar-refractivity contribution < 1.29 is 24.5 Å². The number of amides is 1. The van der Waals surface area contributed by atoms with Crippen LogP contribution in [0, 0.1) is 20.2 Å². The summed E-state index contributed by atoms with van der Waals surface area (Å²) in [6.07, 6.45) is 9.47. The lowest BCUT2D eigenvalue weighted by Gasteiger charge is -2.15. The van der Waals surface area contributed by atoms with Crippen molar-refractivity contribution in [3.63, 3.8) is 0 Å². The highest BCUT2D eigenvalue weighted by Crippen LogP contribution is 2.26. The molecule has 2 aliphatic carbocycles. The zero-order valence-electron chi connectivity index (χ0n) is 25.2. The highest BCUT2D eigenvalue weighted by atomic mass is 16.6. The van der Waals surface area contributed by atoms with Crippen LogP contribution in [0.2, 0.25) is 0 Å². The van der Waals surface area contributed by atoms with Gasteiger partial charge in [0.15, 0.2) is 0 Å². The minimum atomic E-state index is -0.686. The number of carbonyl (C=O) groups excluding carboxylic acids is 1. The number of anilines is 2. The molecule has 0 heterocycles. The van der Waals surface area contributed by atoms with Gasteiger partial charge in [-0.15, -0.1) is 0 Å². The molecule has 0 aromatic heterocycles. The normalized spacial score (nSPS) is 13.9. The Morgan fingerprint density at radius 2 is 1.49 bits per heavy atom. The lowest BCUT2D eigenvalue weighted by molar-refractivity contribution is -0.385. The highest BCUT2D eigenvalue weighted by Gasteiger charge is 2.26. The van der Waals surface area contributed by atoms with E-state index < -0.39 is 15.8 Å². The van der Waals surface area contributed by atoms with E-state index in [-0.39, 0.29) is 17.3 Å². The van der Waals surface area contributed by atoms with E-state index in [2.05, 4.69) is 22.2 Å². The summed E-state index contributed by atoms with van der Waals surface area (Å²) < 4.78 is 0. The number of nitrogens with zero attached hydrogens (tertiary/aromatic N) is 5. The number of non-ortho nitro benzene ring substituents is 2. The van der Waals surface area contributed by atoms with Crippen LogP contribution in [-0.2, 0) is 9.59 Å². The van der Waals surface area contributed by atoms with E-state index in [0.717, 1.165) is 31.2 Å². The summed E-state index contributed by atoms with van der Waals surface area (Å²) in [7, 11) is 7.44. The maximum Gasteiger partial charge on any atom is 0.303 e. The molecule has 234 valence electrons. The first-order chi connectivity index (χ1) is 20.4. The molecule has 13 heteroatoms. The molecule has 13 nitrogen and oxygen atoms in total. The molecule has 2 aromatic carbocycles. The van der Waals surface area contributed by atoms with Crippen molar-refractivity contribution in [1.82, 2.24) is 9.80 Å². The second-order valence-electron chi connectivity index (χ2n) is 10.5. The number of carbonyl (C=O) groups is 2. The fraction of sp³-hybridized carbons (Fsp3) is 0.467. The lowest BCUT2D eigenvalue weighted by Crippen LogP contribution is -2.25. The third-order valence-corrected chi connectivity index (χ3v) is 7.00. The van der Waals surface area contributed by atoms with Crippen LogP contribution < -0.4 is 10.2 Å². The first-order valence-electron chi connectivity index (χ1n) is 14.2. The van der Waals surface area contributed by atoms with Gasteiger partial charge in [0.1, 0.15) is 0 Å². The Balaban J connectivity index is 0.000000247. The Kier molecular flexibility index (Phi) is 14.2. The molecule has 2 aromatic rings. The van der Waals surface area contributed by atoms with Crippen molar-refractivity contribution in [1.29, 1.82) is 0 Å². The molecule has 2 fully saturated rings. The number of nitrogens with one attached hydrogen (secondary N) is 1. The van der Waals surface area contributed by atoms with E-state index in [9.17, 15) is 29.8 Å². The highest BCUT2D eigenvalue weighted by molar-refractivity contribution is 6.01. The van der Waals surface area contributed by atoms with E-state index in [4.69, 9.17) is 5.11 Å². The lowest BCUT2D eigenvalue weighted by atomic mass is 10.2. The summed E-state index contributed by atoms with van der Waals surface area (Å²) in [6, 6.07) is 13.8. The number of carboxylic acid groups (broad SMARTS) is 1. The van der Waals surface area contributed by atoms with E-state index in [1.54, 1.807) is 38.4 Å². The molecule has 4 rings (SSSR count). The molecule has 0 atom stereocenters. The number of hydrogen-bond donors (Lipinski definition) is 2. The van der Waals surface area contributed by atoms with E-state index in [1.165, 1.54) is 60.9 Å². The van der Waals surface area contributed by atoms with Gasteiger partial charge in [0.2, 0.25) is 5.91 Å². The zero-order chi connectivity index (χ0) is 31.9. The average Bonchev–Trinajstić information content (AvgIpc) is 3.90. The van der Waals surface area contributed by atoms with Gasteiger partial charge < -0.3 is 20.2 Å². The standard InChI is InChI=1S/C15H19N3O3.C8H15NO2.C7H8N2O2/c1-16(12-8-9-12)10-4-7-15(19)17(2)13-5-3-6-14(11-13)18(20)21;1-9(7-4-5-7)6-2-3-8(10)11;1-8-6-3-2-4-7(5-6)9(10)11/h3-7,11-12H,8-10H2,1-2H3;7H,2-6H2,1H3,(H,10,11);2-5,8H,1H3/b7-4+;;. The average molecular weight is 599 g/mol. The Bertz CT molecular complexity index is 1260. The van der Waals surface area contributed by atoms with Crippen LogP contribution in [0.25, 0.3) is 0 Å². The molecule has 0 spiro atoms. The van der Waals surface area contributed by atoms with Gasteiger partial charge in [0.05, 0.1) is 15.5 Å². The molecule has 2 N–H and O–H groups in total. The SMILES string of the molecule is CN(C(=O)/C=C/CN(C)C1CC1)c1cccc([N+](=O)[O-])c1.CN(CCCC(=O)O)C1CC1.CNc1cccc([N+](=O)[O-])c1. The number of carboxylic acids is 1. The number of nitro benzene ring substituents is 2. The second kappa shape index (κ2) is 17.6. The summed E-state index contributed by atoms with van der Waals surface area (Å²) in [6.45, 7) is 1.66. The summed E-state index contributed by atoms with van der Waals surface area (Å²) in [5, 5.41) is 32.2. The quantitative estimate of drug-likeness (QED) is 0.186. The number of likely N-dealkylation sites (N-methyl/N-ethyl adjacent to an activating group) is 2. The number of rotatable bonds is 13. The topological polar surface area (TPSA) is 162 Å². The fourth-order valence-electron chi connectivity index (χ4n) is 3.99. The molecule has 43 heavy (non-hydrogen) atoms. The van der Waals surface area contributed by atoms with Crippen LogP contribution in [0.15, 0.2) is 60.7 Å². The van der Waals surface area contributed by atoms with Crippen LogP contribution in [0.1, 0.15) is 38.5 Å². The van der Waals surface area contributed by atoms with Crippen molar-refractivity contribution >= 4 is 34.6 Å². The van der Waals surface area contributed by atoms with Gasteiger partial charge in [-0.25, -0.2) is 0 Å². The summed E-state index contributed by atoms with van der Waals surface area (Å²) in [4.78, 5) is 48.2. The first-order valence-corrected chi connectivity index (χ1v) is 14.2. The van der Waals surface area contributed by atoms with Crippen molar-refractivity contribution in [3.05, 3.63) is 80.9 Å². The zero-order valence-corrected chi connectivity index (χ0v) is 25.2. The van der Waals surface area contributed by atoms with Crippen molar-refractivity contribution in [3.8, 4) is 0 Å². The van der Waals surface area contributed by atoms with Gasteiger partial charge in [-0.1, -0.05) is 18.2 Å². The molecule has 2 aliphatic rings. The predicted molar refractivity (Wildman–Crippen MR) is 166 cm³/mol. The predicted octanol–water partition coefficient (Wildman–Crippen LogP) is 4.79. The van der Waals surface area contributed by atoms with Crippen LogP contribution in [0.4, 0.5) is 22.7 Å². The Morgan fingerprint density at radius 1 is 0.930 bits per heavy atom. The third-order valence-electron chi connectivity index (χ3n) is 7.00.